The Hall–Kier alpha value is -1.71. The van der Waals surface area contributed by atoms with Crippen LogP contribution in [0, 0.1) is 0 Å². The monoisotopic (exact) mass is 334 g/mol. The van der Waals surface area contributed by atoms with Crippen LogP contribution in [0.3, 0.4) is 0 Å². The Morgan fingerprint density at radius 2 is 1.86 bits per heavy atom. The van der Waals surface area contributed by atoms with E-state index in [9.17, 15) is 17.2 Å². The van der Waals surface area contributed by atoms with Crippen LogP contribution in [-0.2, 0) is 16.6 Å². The van der Waals surface area contributed by atoms with Gasteiger partial charge in [-0.05, 0) is 36.4 Å². The van der Waals surface area contributed by atoms with Crippen LogP contribution in [0.5, 0.6) is 5.75 Å². The second-order valence-corrected chi connectivity index (χ2v) is 7.01. The molecule has 2 rings (SSSR count). The highest BCUT2D eigenvalue weighted by atomic mass is 32.2. The van der Waals surface area contributed by atoms with Crippen molar-refractivity contribution in [3.8, 4) is 5.75 Å². The van der Waals surface area contributed by atoms with E-state index >= 15 is 0 Å². The summed E-state index contributed by atoms with van der Waals surface area (Å²) in [4.78, 5) is 0.746. The first-order valence-corrected chi connectivity index (χ1v) is 8.07. The molecule has 0 bridgehead atoms. The highest BCUT2D eigenvalue weighted by Crippen LogP contribution is 2.25. The number of ether oxygens (including phenoxy) is 1. The van der Waals surface area contributed by atoms with Gasteiger partial charge in [0.15, 0.2) is 0 Å². The summed E-state index contributed by atoms with van der Waals surface area (Å²) in [7, 11) is -3.71. The van der Waals surface area contributed by atoms with Gasteiger partial charge in [0.25, 0.3) is 10.0 Å². The lowest BCUT2D eigenvalue weighted by Crippen LogP contribution is -2.11. The van der Waals surface area contributed by atoms with Crippen LogP contribution in [0.1, 0.15) is 4.88 Å². The van der Waals surface area contributed by atoms with Crippen molar-refractivity contribution in [2.24, 2.45) is 5.73 Å². The predicted octanol–water partition coefficient (Wildman–Crippen LogP) is 2.61. The molecule has 21 heavy (non-hydrogen) atoms. The molecule has 0 spiro atoms. The van der Waals surface area contributed by atoms with Crippen LogP contribution in [0.2, 0.25) is 0 Å². The van der Waals surface area contributed by atoms with E-state index < -0.39 is 16.6 Å². The summed E-state index contributed by atoms with van der Waals surface area (Å²) in [6, 6.07) is 8.29. The van der Waals surface area contributed by atoms with E-state index in [1.807, 2.05) is 0 Å². The number of rotatable bonds is 6. The zero-order chi connectivity index (χ0) is 15.5. The van der Waals surface area contributed by atoms with Gasteiger partial charge in [-0.1, -0.05) is 0 Å². The summed E-state index contributed by atoms with van der Waals surface area (Å²) in [6.45, 7) is -2.66. The van der Waals surface area contributed by atoms with E-state index in [2.05, 4.69) is 9.46 Å². The van der Waals surface area contributed by atoms with Gasteiger partial charge in [-0.2, -0.15) is 8.78 Å². The van der Waals surface area contributed by atoms with Gasteiger partial charge in [0.05, 0.1) is 0 Å². The molecule has 1 heterocycles. The van der Waals surface area contributed by atoms with E-state index in [-0.39, 0.29) is 22.2 Å². The smallest absolute Gasteiger partial charge is 0.387 e. The zero-order valence-corrected chi connectivity index (χ0v) is 12.3. The quantitative estimate of drug-likeness (QED) is 0.851. The molecule has 0 aliphatic heterocycles. The molecule has 114 valence electrons. The minimum Gasteiger partial charge on any atom is -0.435 e. The summed E-state index contributed by atoms with van der Waals surface area (Å²) >= 11 is 1.07. The number of alkyl halides is 2. The van der Waals surface area contributed by atoms with E-state index in [1.54, 1.807) is 6.07 Å². The fourth-order valence-electron chi connectivity index (χ4n) is 1.52. The molecule has 2 aromatic rings. The summed E-state index contributed by atoms with van der Waals surface area (Å²) in [5, 5.41) is 0. The summed E-state index contributed by atoms with van der Waals surface area (Å²) < 4.78 is 54.9. The van der Waals surface area contributed by atoms with Crippen molar-refractivity contribution in [3.63, 3.8) is 0 Å². The minimum atomic E-state index is -3.71. The third kappa shape index (κ3) is 4.13. The minimum absolute atomic E-state index is 0.0468. The molecule has 0 saturated carbocycles. The topological polar surface area (TPSA) is 81.4 Å². The van der Waals surface area contributed by atoms with Gasteiger partial charge in [-0.3, -0.25) is 4.72 Å². The molecule has 0 unspecified atom stereocenters. The summed E-state index contributed by atoms with van der Waals surface area (Å²) in [5.41, 5.74) is 5.68. The Morgan fingerprint density at radius 3 is 2.38 bits per heavy atom. The van der Waals surface area contributed by atoms with Crippen LogP contribution in [0.15, 0.2) is 40.6 Å². The number of hydrogen-bond donors (Lipinski definition) is 2. The van der Waals surface area contributed by atoms with Crippen LogP contribution < -0.4 is 15.2 Å². The summed E-state index contributed by atoms with van der Waals surface area (Å²) in [6.07, 6.45) is 0. The molecule has 5 nitrogen and oxygen atoms in total. The standard InChI is InChI=1S/C12H12F2N2O3S2/c13-12(14)19-9-3-1-8(2-4-9)16-21(17,18)11-6-5-10(7-15)20-11/h1-6,12,16H,7,15H2. The molecule has 3 N–H and O–H groups in total. The predicted molar refractivity (Wildman–Crippen MR) is 76.1 cm³/mol. The number of nitrogens with two attached hydrogens (primary N) is 1. The largest absolute Gasteiger partial charge is 0.435 e. The Kier molecular flexibility index (Phi) is 4.76. The molecule has 1 aromatic heterocycles. The normalized spacial score (nSPS) is 11.6. The molecule has 0 fully saturated rings. The van der Waals surface area contributed by atoms with E-state index in [0.29, 0.717) is 0 Å². The number of nitrogens with one attached hydrogen (secondary N) is 1. The third-order valence-corrected chi connectivity index (χ3v) is 5.42. The van der Waals surface area contributed by atoms with Crippen LogP contribution in [0.25, 0.3) is 0 Å². The van der Waals surface area contributed by atoms with Crippen molar-refractivity contribution < 1.29 is 21.9 Å². The lowest BCUT2D eigenvalue weighted by molar-refractivity contribution is -0.0498. The van der Waals surface area contributed by atoms with Crippen molar-refractivity contribution >= 4 is 27.0 Å². The number of thiophene rings is 1. The Bertz CT molecular complexity index is 700. The van der Waals surface area contributed by atoms with Gasteiger partial charge in [-0.25, -0.2) is 8.42 Å². The van der Waals surface area contributed by atoms with Crippen molar-refractivity contribution in [3.05, 3.63) is 41.3 Å². The van der Waals surface area contributed by atoms with Crippen LogP contribution in [0.4, 0.5) is 14.5 Å². The molecular formula is C12H12F2N2O3S2. The van der Waals surface area contributed by atoms with Gasteiger partial charge in [-0.15, -0.1) is 11.3 Å². The van der Waals surface area contributed by atoms with Crippen molar-refractivity contribution in [1.29, 1.82) is 0 Å². The Morgan fingerprint density at radius 1 is 1.19 bits per heavy atom. The molecule has 0 aliphatic carbocycles. The van der Waals surface area contributed by atoms with Gasteiger partial charge >= 0.3 is 6.61 Å². The maximum atomic E-state index is 12.1. The fraction of sp³-hybridized carbons (Fsp3) is 0.167. The number of sulfonamides is 1. The maximum absolute atomic E-state index is 12.1. The Balaban J connectivity index is 2.13. The first kappa shape index (κ1) is 15.7. The van der Waals surface area contributed by atoms with Crippen molar-refractivity contribution in [1.82, 2.24) is 0 Å². The molecule has 0 radical (unpaired) electrons. The average molecular weight is 334 g/mol. The molecular weight excluding hydrogens is 322 g/mol. The van der Waals surface area contributed by atoms with Gasteiger partial charge in [0.2, 0.25) is 0 Å². The van der Waals surface area contributed by atoms with Crippen molar-refractivity contribution in [2.45, 2.75) is 17.4 Å². The van der Waals surface area contributed by atoms with E-state index in [1.165, 1.54) is 30.3 Å². The van der Waals surface area contributed by atoms with Crippen molar-refractivity contribution in [2.75, 3.05) is 4.72 Å². The van der Waals surface area contributed by atoms with Crippen LogP contribution >= 0.6 is 11.3 Å². The SMILES string of the molecule is NCc1ccc(S(=O)(=O)Nc2ccc(OC(F)F)cc2)s1. The highest BCUT2D eigenvalue weighted by Gasteiger charge is 2.16. The van der Waals surface area contributed by atoms with Crippen LogP contribution in [-0.4, -0.2) is 15.0 Å². The fourth-order valence-corrected chi connectivity index (χ4v) is 3.82. The third-order valence-electron chi connectivity index (χ3n) is 2.43. The zero-order valence-electron chi connectivity index (χ0n) is 10.6. The lowest BCUT2D eigenvalue weighted by atomic mass is 10.3. The first-order valence-electron chi connectivity index (χ1n) is 5.77. The molecule has 0 amide bonds. The molecule has 0 atom stereocenters. The van der Waals surface area contributed by atoms with Gasteiger partial charge in [0, 0.05) is 17.1 Å². The molecule has 0 aliphatic rings. The first-order chi connectivity index (χ1) is 9.90. The lowest BCUT2D eigenvalue weighted by Gasteiger charge is -2.08. The average Bonchev–Trinajstić information content (AvgIpc) is 2.90. The number of halogens is 2. The van der Waals surface area contributed by atoms with E-state index in [4.69, 9.17) is 5.73 Å². The second kappa shape index (κ2) is 6.37. The number of hydrogen-bond acceptors (Lipinski definition) is 5. The van der Waals surface area contributed by atoms with Gasteiger partial charge < -0.3 is 10.5 Å². The van der Waals surface area contributed by atoms with Gasteiger partial charge in [0.1, 0.15) is 9.96 Å². The molecule has 1 aromatic carbocycles. The molecule has 0 saturated heterocycles. The maximum Gasteiger partial charge on any atom is 0.387 e. The Labute approximate surface area is 124 Å². The second-order valence-electron chi connectivity index (χ2n) is 3.93. The number of anilines is 1. The summed E-state index contributed by atoms with van der Waals surface area (Å²) in [5.74, 6) is -0.0468. The highest BCUT2D eigenvalue weighted by molar-refractivity contribution is 7.94. The number of benzene rings is 1. The van der Waals surface area contributed by atoms with E-state index in [0.717, 1.165) is 16.2 Å². The molecule has 9 heteroatoms.